The van der Waals surface area contributed by atoms with Crippen molar-refractivity contribution < 1.29 is 9.53 Å². The SMILES string of the molecule is C=C(COC(=O)/C=C/c1ccccc1)CC(C)=C(C)C. The van der Waals surface area contributed by atoms with Crippen molar-refractivity contribution in [3.05, 3.63) is 65.3 Å². The van der Waals surface area contributed by atoms with Gasteiger partial charge in [-0.05, 0) is 44.4 Å². The van der Waals surface area contributed by atoms with Gasteiger partial charge in [0.15, 0.2) is 0 Å². The average Bonchev–Trinajstić information content (AvgIpc) is 2.43. The molecule has 1 aromatic rings. The lowest BCUT2D eigenvalue weighted by Crippen LogP contribution is -2.04. The minimum Gasteiger partial charge on any atom is -0.458 e. The van der Waals surface area contributed by atoms with E-state index in [2.05, 4.69) is 27.4 Å². The molecule has 0 unspecified atom stereocenters. The van der Waals surface area contributed by atoms with Crippen LogP contribution in [0.3, 0.4) is 0 Å². The molecule has 0 fully saturated rings. The van der Waals surface area contributed by atoms with Gasteiger partial charge < -0.3 is 4.74 Å². The highest BCUT2D eigenvalue weighted by Crippen LogP contribution is 2.13. The van der Waals surface area contributed by atoms with Crippen LogP contribution < -0.4 is 0 Å². The summed E-state index contributed by atoms with van der Waals surface area (Å²) in [6.45, 7) is 10.4. The number of carbonyl (C=O) groups is 1. The van der Waals surface area contributed by atoms with Crippen LogP contribution >= 0.6 is 0 Å². The lowest BCUT2D eigenvalue weighted by Gasteiger charge is -2.07. The number of ether oxygens (including phenoxy) is 1. The second-order valence-corrected chi connectivity index (χ2v) is 5.06. The van der Waals surface area contributed by atoms with E-state index in [-0.39, 0.29) is 12.6 Å². The predicted octanol–water partition coefficient (Wildman–Crippen LogP) is 4.55. The fraction of sp³-hybridized carbons (Fsp3) is 0.278. The van der Waals surface area contributed by atoms with Crippen LogP contribution in [0.2, 0.25) is 0 Å². The molecule has 0 saturated carbocycles. The molecule has 0 atom stereocenters. The van der Waals surface area contributed by atoms with E-state index in [9.17, 15) is 4.79 Å². The first-order valence-electron chi connectivity index (χ1n) is 6.68. The molecule has 0 spiro atoms. The van der Waals surface area contributed by atoms with Gasteiger partial charge in [-0.2, -0.15) is 0 Å². The third-order valence-electron chi connectivity index (χ3n) is 3.00. The molecule has 0 N–H and O–H groups in total. The van der Waals surface area contributed by atoms with Gasteiger partial charge in [0.1, 0.15) is 6.61 Å². The zero-order valence-corrected chi connectivity index (χ0v) is 12.5. The molecule has 0 amide bonds. The van der Waals surface area contributed by atoms with Gasteiger partial charge in [0, 0.05) is 6.08 Å². The van der Waals surface area contributed by atoms with Crippen molar-refractivity contribution in [1.29, 1.82) is 0 Å². The number of benzene rings is 1. The van der Waals surface area contributed by atoms with Crippen LogP contribution in [0, 0.1) is 0 Å². The van der Waals surface area contributed by atoms with Gasteiger partial charge in [0.2, 0.25) is 0 Å². The van der Waals surface area contributed by atoms with Crippen molar-refractivity contribution in [1.82, 2.24) is 0 Å². The van der Waals surface area contributed by atoms with Gasteiger partial charge in [0.25, 0.3) is 0 Å². The molecule has 0 aliphatic carbocycles. The van der Waals surface area contributed by atoms with E-state index in [0.29, 0.717) is 0 Å². The number of allylic oxidation sites excluding steroid dienone is 2. The third-order valence-corrected chi connectivity index (χ3v) is 3.00. The van der Waals surface area contributed by atoms with Crippen LogP contribution in [0.25, 0.3) is 6.08 Å². The lowest BCUT2D eigenvalue weighted by molar-refractivity contribution is -0.136. The van der Waals surface area contributed by atoms with Gasteiger partial charge >= 0.3 is 5.97 Å². The highest BCUT2D eigenvalue weighted by Gasteiger charge is 2.02. The van der Waals surface area contributed by atoms with Crippen LogP contribution in [0.1, 0.15) is 32.8 Å². The molecular weight excluding hydrogens is 248 g/mol. The van der Waals surface area contributed by atoms with E-state index < -0.39 is 0 Å². The summed E-state index contributed by atoms with van der Waals surface area (Å²) in [6.07, 6.45) is 3.96. The van der Waals surface area contributed by atoms with Gasteiger partial charge in [-0.15, -0.1) is 0 Å². The standard InChI is InChI=1S/C18H22O2/c1-14(2)16(4)12-15(3)13-20-18(19)11-10-17-8-6-5-7-9-17/h5-11H,3,12-13H2,1-2,4H3/b11-10+. The summed E-state index contributed by atoms with van der Waals surface area (Å²) in [5.41, 5.74) is 4.43. The second-order valence-electron chi connectivity index (χ2n) is 5.06. The first kappa shape index (κ1) is 16.0. The molecule has 0 radical (unpaired) electrons. The number of rotatable bonds is 6. The molecule has 2 nitrogen and oxygen atoms in total. The van der Waals surface area contributed by atoms with E-state index >= 15 is 0 Å². The minimum absolute atomic E-state index is 0.266. The normalized spacial score (nSPS) is 10.3. The molecule has 0 bridgehead atoms. The molecule has 1 aromatic carbocycles. The molecule has 0 heterocycles. The quantitative estimate of drug-likeness (QED) is 0.431. The van der Waals surface area contributed by atoms with Crippen LogP contribution in [0.15, 0.2) is 59.7 Å². The largest absolute Gasteiger partial charge is 0.458 e. The maximum atomic E-state index is 11.6. The van der Waals surface area contributed by atoms with E-state index in [1.54, 1.807) is 6.08 Å². The Bertz CT molecular complexity index is 518. The molecule has 106 valence electrons. The maximum absolute atomic E-state index is 11.6. The smallest absolute Gasteiger partial charge is 0.331 e. The Kier molecular flexibility index (Phi) is 6.51. The fourth-order valence-corrected chi connectivity index (χ4v) is 1.55. The van der Waals surface area contributed by atoms with Gasteiger partial charge in [-0.3, -0.25) is 0 Å². The van der Waals surface area contributed by atoms with Gasteiger partial charge in [0.05, 0.1) is 0 Å². The zero-order valence-electron chi connectivity index (χ0n) is 12.5. The maximum Gasteiger partial charge on any atom is 0.331 e. The molecule has 0 aliphatic rings. The molecule has 0 aromatic heterocycles. The van der Waals surface area contributed by atoms with Crippen LogP contribution in [-0.2, 0) is 9.53 Å². The molecule has 1 rings (SSSR count). The van der Waals surface area contributed by atoms with E-state index in [4.69, 9.17) is 4.74 Å². The molecule has 0 saturated heterocycles. The lowest BCUT2D eigenvalue weighted by atomic mass is 10.1. The first-order valence-corrected chi connectivity index (χ1v) is 6.68. The van der Waals surface area contributed by atoms with Gasteiger partial charge in [-0.25, -0.2) is 4.79 Å². The Hall–Kier alpha value is -2.09. The summed E-state index contributed by atoms with van der Waals surface area (Å²) >= 11 is 0. The summed E-state index contributed by atoms with van der Waals surface area (Å²) in [7, 11) is 0. The summed E-state index contributed by atoms with van der Waals surface area (Å²) in [5.74, 6) is -0.343. The Morgan fingerprint density at radius 3 is 2.45 bits per heavy atom. The monoisotopic (exact) mass is 270 g/mol. The molecule has 2 heteroatoms. The van der Waals surface area contributed by atoms with Crippen LogP contribution in [-0.4, -0.2) is 12.6 Å². The molecule has 0 aliphatic heterocycles. The van der Waals surface area contributed by atoms with Crippen molar-refractivity contribution in [3.63, 3.8) is 0 Å². The van der Waals surface area contributed by atoms with Crippen LogP contribution in [0.4, 0.5) is 0 Å². The zero-order chi connectivity index (χ0) is 15.0. The Balaban J connectivity index is 2.39. The summed E-state index contributed by atoms with van der Waals surface area (Å²) in [6, 6.07) is 9.65. The summed E-state index contributed by atoms with van der Waals surface area (Å²) in [5, 5.41) is 0. The number of hydrogen-bond donors (Lipinski definition) is 0. The Morgan fingerprint density at radius 1 is 1.20 bits per heavy atom. The average molecular weight is 270 g/mol. The summed E-state index contributed by atoms with van der Waals surface area (Å²) in [4.78, 5) is 11.6. The number of hydrogen-bond acceptors (Lipinski definition) is 2. The molecular formula is C18H22O2. The van der Waals surface area contributed by atoms with Crippen molar-refractivity contribution in [2.24, 2.45) is 0 Å². The first-order chi connectivity index (χ1) is 9.49. The number of carbonyl (C=O) groups excluding carboxylic acids is 1. The fourth-order valence-electron chi connectivity index (χ4n) is 1.55. The van der Waals surface area contributed by atoms with E-state index in [1.807, 2.05) is 30.3 Å². The minimum atomic E-state index is -0.343. The van der Waals surface area contributed by atoms with Gasteiger partial charge in [-0.1, -0.05) is 48.1 Å². The third kappa shape index (κ3) is 6.19. The Labute approximate surface area is 121 Å². The van der Waals surface area contributed by atoms with Crippen LogP contribution in [0.5, 0.6) is 0 Å². The van der Waals surface area contributed by atoms with E-state index in [1.165, 1.54) is 17.2 Å². The predicted molar refractivity (Wildman–Crippen MR) is 84.2 cm³/mol. The topological polar surface area (TPSA) is 26.3 Å². The van der Waals surface area contributed by atoms with Crippen molar-refractivity contribution >= 4 is 12.0 Å². The highest BCUT2D eigenvalue weighted by molar-refractivity contribution is 5.87. The highest BCUT2D eigenvalue weighted by atomic mass is 16.5. The second kappa shape index (κ2) is 8.16. The number of esters is 1. The molecule has 20 heavy (non-hydrogen) atoms. The Morgan fingerprint density at radius 2 is 1.85 bits per heavy atom. The summed E-state index contributed by atoms with van der Waals surface area (Å²) < 4.78 is 5.16. The van der Waals surface area contributed by atoms with Crippen molar-refractivity contribution in [2.45, 2.75) is 27.2 Å². The van der Waals surface area contributed by atoms with E-state index in [0.717, 1.165) is 17.6 Å². The van der Waals surface area contributed by atoms with Crippen molar-refractivity contribution in [2.75, 3.05) is 6.61 Å². The van der Waals surface area contributed by atoms with Crippen molar-refractivity contribution in [3.8, 4) is 0 Å².